The molecule has 0 aromatic carbocycles. The van der Waals surface area contributed by atoms with Crippen molar-refractivity contribution in [3.63, 3.8) is 0 Å². The molecule has 2 atom stereocenters. The van der Waals surface area contributed by atoms with Crippen LogP contribution in [0.15, 0.2) is 0 Å². The lowest BCUT2D eigenvalue weighted by molar-refractivity contribution is -0.139. The number of carboxylic acids is 1. The van der Waals surface area contributed by atoms with Gasteiger partial charge in [-0.05, 0) is 18.8 Å². The highest BCUT2D eigenvalue weighted by molar-refractivity contribution is 5.83. The molecule has 1 heterocycles. The summed E-state index contributed by atoms with van der Waals surface area (Å²) < 4.78 is 10.6. The van der Waals surface area contributed by atoms with Crippen LogP contribution in [0, 0.1) is 5.92 Å². The Kier molecular flexibility index (Phi) is 4.26. The van der Waals surface area contributed by atoms with Crippen LogP contribution in [0.4, 0.5) is 4.79 Å². The fraction of sp³-hybridized carbons (Fsp3) is 0.833. The molecule has 1 saturated heterocycles. The topological polar surface area (TPSA) is 96.9 Å². The van der Waals surface area contributed by atoms with Crippen LogP contribution in [0.1, 0.15) is 19.3 Å². The van der Waals surface area contributed by atoms with Gasteiger partial charge in [0, 0.05) is 20.1 Å². The van der Waals surface area contributed by atoms with Crippen LogP contribution in [-0.2, 0) is 14.3 Å². The Morgan fingerprint density at radius 1 is 1.53 bits per heavy atom. The normalized spacial score (nSPS) is 27.8. The molecule has 7 heteroatoms. The fourth-order valence-electron chi connectivity index (χ4n) is 2.21. The molecule has 2 unspecified atom stereocenters. The molecule has 0 radical (unpaired) electrons. The minimum Gasteiger partial charge on any atom is -0.480 e. The zero-order chi connectivity index (χ0) is 13.9. The van der Waals surface area contributed by atoms with Gasteiger partial charge in [0.2, 0.25) is 0 Å². The number of rotatable bonds is 6. The summed E-state index contributed by atoms with van der Waals surface area (Å²) >= 11 is 0. The second-order valence-electron chi connectivity index (χ2n) is 5.17. The van der Waals surface area contributed by atoms with E-state index in [1.165, 1.54) is 0 Å². The van der Waals surface area contributed by atoms with Crippen molar-refractivity contribution in [2.75, 3.05) is 26.9 Å². The van der Waals surface area contributed by atoms with Gasteiger partial charge in [-0.25, -0.2) is 9.59 Å². The van der Waals surface area contributed by atoms with Gasteiger partial charge in [-0.2, -0.15) is 0 Å². The molecule has 3 N–H and O–H groups in total. The summed E-state index contributed by atoms with van der Waals surface area (Å²) in [5.41, 5.74) is -0.490. The van der Waals surface area contributed by atoms with Gasteiger partial charge in [0.05, 0.1) is 13.2 Å². The smallest absolute Gasteiger partial charge is 0.326 e. The molecule has 1 aliphatic carbocycles. The van der Waals surface area contributed by atoms with Crippen LogP contribution in [0.3, 0.4) is 0 Å². The molecule has 1 aliphatic heterocycles. The summed E-state index contributed by atoms with van der Waals surface area (Å²) in [7, 11) is 1.58. The lowest BCUT2D eigenvalue weighted by Crippen LogP contribution is -2.52. The van der Waals surface area contributed by atoms with Gasteiger partial charge in [0.1, 0.15) is 11.6 Å². The van der Waals surface area contributed by atoms with Crippen LogP contribution in [0.5, 0.6) is 0 Å². The lowest BCUT2D eigenvalue weighted by Gasteiger charge is -2.26. The molecule has 2 amide bonds. The van der Waals surface area contributed by atoms with Crippen LogP contribution in [0.25, 0.3) is 0 Å². The van der Waals surface area contributed by atoms with Crippen molar-refractivity contribution >= 4 is 12.0 Å². The van der Waals surface area contributed by atoms with E-state index in [1.807, 2.05) is 0 Å². The summed E-state index contributed by atoms with van der Waals surface area (Å²) in [6, 6.07) is -1.26. The first-order chi connectivity index (χ1) is 9.06. The summed E-state index contributed by atoms with van der Waals surface area (Å²) in [4.78, 5) is 22.7. The summed E-state index contributed by atoms with van der Waals surface area (Å²) in [5.74, 6) is -0.919. The first kappa shape index (κ1) is 14.1. The summed E-state index contributed by atoms with van der Waals surface area (Å²) in [5, 5.41) is 14.2. The Morgan fingerprint density at radius 3 is 2.74 bits per heavy atom. The van der Waals surface area contributed by atoms with Crippen molar-refractivity contribution < 1.29 is 24.2 Å². The van der Waals surface area contributed by atoms with Gasteiger partial charge in [0.25, 0.3) is 0 Å². The van der Waals surface area contributed by atoms with Crippen LogP contribution < -0.4 is 10.6 Å². The quantitative estimate of drug-likeness (QED) is 0.630. The number of nitrogens with one attached hydrogen (secondary N) is 2. The lowest BCUT2D eigenvalue weighted by atomic mass is 10.0. The number of carbonyl (C=O) groups excluding carboxylic acids is 1. The third-order valence-electron chi connectivity index (χ3n) is 3.72. The molecular formula is C12H20N2O5. The van der Waals surface area contributed by atoms with Crippen molar-refractivity contribution in [2.24, 2.45) is 5.92 Å². The maximum absolute atomic E-state index is 11.7. The maximum Gasteiger partial charge on any atom is 0.326 e. The average molecular weight is 272 g/mol. The number of urea groups is 1. The molecule has 0 bridgehead atoms. The average Bonchev–Trinajstić information content (AvgIpc) is 3.11. The zero-order valence-electron chi connectivity index (χ0n) is 11.0. The first-order valence-corrected chi connectivity index (χ1v) is 6.46. The highest BCUT2D eigenvalue weighted by Crippen LogP contribution is 2.32. The van der Waals surface area contributed by atoms with Gasteiger partial charge in [-0.1, -0.05) is 0 Å². The van der Waals surface area contributed by atoms with Gasteiger partial charge in [-0.3, -0.25) is 0 Å². The highest BCUT2D eigenvalue weighted by Gasteiger charge is 2.38. The molecule has 2 aliphatic rings. The molecule has 0 spiro atoms. The van der Waals surface area contributed by atoms with Gasteiger partial charge < -0.3 is 25.2 Å². The molecule has 7 nitrogen and oxygen atoms in total. The van der Waals surface area contributed by atoms with Gasteiger partial charge >= 0.3 is 12.0 Å². The Balaban J connectivity index is 1.78. The SMILES string of the molecule is COC1(CNC(=O)NC(C(=O)O)C2CC2)CCOC1. The van der Waals surface area contributed by atoms with E-state index in [4.69, 9.17) is 14.6 Å². The van der Waals surface area contributed by atoms with Crippen molar-refractivity contribution in [3.8, 4) is 0 Å². The largest absolute Gasteiger partial charge is 0.480 e. The van der Waals surface area contributed by atoms with E-state index in [2.05, 4.69) is 10.6 Å². The maximum atomic E-state index is 11.7. The molecule has 19 heavy (non-hydrogen) atoms. The predicted octanol–water partition coefficient (Wildman–Crippen LogP) is -0.0457. The van der Waals surface area contributed by atoms with E-state index in [1.54, 1.807) is 7.11 Å². The Morgan fingerprint density at radius 2 is 2.26 bits per heavy atom. The minimum atomic E-state index is -0.983. The Labute approximate surface area is 111 Å². The van der Waals surface area contributed by atoms with E-state index >= 15 is 0 Å². The second-order valence-corrected chi connectivity index (χ2v) is 5.17. The van der Waals surface area contributed by atoms with Crippen LogP contribution >= 0.6 is 0 Å². The number of methoxy groups -OCH3 is 1. The molecule has 1 saturated carbocycles. The molecule has 0 aromatic rings. The van der Waals surface area contributed by atoms with Crippen molar-refractivity contribution in [1.29, 1.82) is 0 Å². The predicted molar refractivity (Wildman–Crippen MR) is 65.9 cm³/mol. The number of ether oxygens (including phenoxy) is 2. The zero-order valence-corrected chi connectivity index (χ0v) is 11.0. The third-order valence-corrected chi connectivity index (χ3v) is 3.72. The van der Waals surface area contributed by atoms with E-state index in [0.717, 1.165) is 19.3 Å². The van der Waals surface area contributed by atoms with E-state index in [-0.39, 0.29) is 5.92 Å². The van der Waals surface area contributed by atoms with E-state index in [9.17, 15) is 9.59 Å². The van der Waals surface area contributed by atoms with E-state index < -0.39 is 23.6 Å². The highest BCUT2D eigenvalue weighted by atomic mass is 16.5. The van der Waals surface area contributed by atoms with Crippen molar-refractivity contribution in [1.82, 2.24) is 10.6 Å². The molecule has 2 rings (SSSR count). The minimum absolute atomic E-state index is 0.0643. The Bertz CT molecular complexity index is 350. The number of hydrogen-bond acceptors (Lipinski definition) is 4. The molecule has 0 aromatic heterocycles. The Hall–Kier alpha value is -1.34. The summed E-state index contributed by atoms with van der Waals surface area (Å²) in [6.45, 7) is 1.36. The number of carbonyl (C=O) groups is 2. The molecular weight excluding hydrogens is 252 g/mol. The number of amides is 2. The molecule has 108 valence electrons. The number of aliphatic carboxylic acids is 1. The first-order valence-electron chi connectivity index (χ1n) is 6.46. The van der Waals surface area contributed by atoms with Gasteiger partial charge in [-0.15, -0.1) is 0 Å². The monoisotopic (exact) mass is 272 g/mol. The summed E-state index contributed by atoms with van der Waals surface area (Å²) in [6.07, 6.45) is 2.43. The van der Waals surface area contributed by atoms with Crippen LogP contribution in [-0.4, -0.2) is 55.6 Å². The van der Waals surface area contributed by atoms with Crippen LogP contribution in [0.2, 0.25) is 0 Å². The van der Waals surface area contributed by atoms with Crippen molar-refractivity contribution in [3.05, 3.63) is 0 Å². The standard InChI is InChI=1S/C12H20N2O5/c1-18-12(4-5-19-7-12)6-13-11(17)14-9(10(15)16)8-2-3-8/h8-9H,2-7H2,1H3,(H,15,16)(H2,13,14,17). The third kappa shape index (κ3) is 3.57. The van der Waals surface area contributed by atoms with Crippen molar-refractivity contribution in [2.45, 2.75) is 30.9 Å². The number of carboxylic acid groups (broad SMARTS) is 1. The van der Waals surface area contributed by atoms with E-state index in [0.29, 0.717) is 19.8 Å². The van der Waals surface area contributed by atoms with Gasteiger partial charge in [0.15, 0.2) is 0 Å². The number of hydrogen-bond donors (Lipinski definition) is 3. The fourth-order valence-corrected chi connectivity index (χ4v) is 2.21. The second kappa shape index (κ2) is 5.75. The molecule has 2 fully saturated rings.